The average molecular weight is 433 g/mol. The van der Waals surface area contributed by atoms with Crippen LogP contribution >= 0.6 is 0 Å². The summed E-state index contributed by atoms with van der Waals surface area (Å²) in [6, 6.07) is 7.00. The molecule has 31 heavy (non-hydrogen) atoms. The molecule has 3 aromatic heterocycles. The fourth-order valence-corrected chi connectivity index (χ4v) is 3.06. The van der Waals surface area contributed by atoms with Crippen LogP contribution in [0.3, 0.4) is 0 Å². The van der Waals surface area contributed by atoms with E-state index in [4.69, 9.17) is 4.74 Å². The summed E-state index contributed by atoms with van der Waals surface area (Å²) in [5.74, 6) is -0.240. The zero-order valence-electron chi connectivity index (χ0n) is 17.3. The van der Waals surface area contributed by atoms with E-state index >= 15 is 0 Å². The molecule has 0 aromatic carbocycles. The minimum absolute atomic E-state index is 0.0513. The maximum Gasteiger partial charge on any atom is 0.417 e. The summed E-state index contributed by atoms with van der Waals surface area (Å²) in [4.78, 5) is 22.8. The number of hydrogen-bond donors (Lipinski definition) is 0. The van der Waals surface area contributed by atoms with Crippen molar-refractivity contribution in [1.29, 1.82) is 0 Å². The van der Waals surface area contributed by atoms with Crippen LogP contribution < -0.4 is 4.74 Å². The van der Waals surface area contributed by atoms with Crippen LogP contribution in [0.25, 0.3) is 11.3 Å². The van der Waals surface area contributed by atoms with Gasteiger partial charge in [-0.25, -0.2) is 4.98 Å². The van der Waals surface area contributed by atoms with Gasteiger partial charge in [0.1, 0.15) is 12.3 Å². The van der Waals surface area contributed by atoms with Crippen molar-refractivity contribution in [3.8, 4) is 17.1 Å². The highest BCUT2D eigenvalue weighted by Crippen LogP contribution is 2.29. The maximum atomic E-state index is 13.2. The molecule has 0 saturated carbocycles. The van der Waals surface area contributed by atoms with Crippen LogP contribution in [0.1, 0.15) is 29.9 Å². The Morgan fingerprint density at radius 1 is 1.23 bits per heavy atom. The average Bonchev–Trinajstić information content (AvgIpc) is 3.18. The fourth-order valence-electron chi connectivity index (χ4n) is 3.06. The first kappa shape index (κ1) is 22.3. The number of nitrogens with zero attached hydrogens (tertiary/aromatic N) is 5. The molecule has 0 spiro atoms. The molecule has 3 rings (SSSR count). The van der Waals surface area contributed by atoms with Gasteiger partial charge in [-0.05, 0) is 38.1 Å². The number of halogens is 3. The normalized spacial score (nSPS) is 12.5. The monoisotopic (exact) mass is 433 g/mol. The molecule has 164 valence electrons. The van der Waals surface area contributed by atoms with Crippen LogP contribution in [-0.4, -0.2) is 49.7 Å². The maximum absolute atomic E-state index is 13.2. The van der Waals surface area contributed by atoms with Gasteiger partial charge in [-0.1, -0.05) is 0 Å². The van der Waals surface area contributed by atoms with Crippen LogP contribution in [0.2, 0.25) is 0 Å². The topological polar surface area (TPSA) is 73.1 Å². The van der Waals surface area contributed by atoms with E-state index in [-0.39, 0.29) is 30.1 Å². The second kappa shape index (κ2) is 9.15. The van der Waals surface area contributed by atoms with Gasteiger partial charge in [0.15, 0.2) is 0 Å². The largest absolute Gasteiger partial charge is 0.475 e. The number of carbonyl (C=O) groups excluding carboxylic acids is 1. The third-order valence-electron chi connectivity index (χ3n) is 4.67. The Hall–Kier alpha value is -3.43. The van der Waals surface area contributed by atoms with E-state index in [1.165, 1.54) is 0 Å². The van der Waals surface area contributed by atoms with Crippen LogP contribution in [0.4, 0.5) is 13.2 Å². The molecule has 0 aliphatic heterocycles. The van der Waals surface area contributed by atoms with Crippen molar-refractivity contribution < 1.29 is 22.7 Å². The van der Waals surface area contributed by atoms with Crippen LogP contribution in [0.15, 0.2) is 48.9 Å². The summed E-state index contributed by atoms with van der Waals surface area (Å²) >= 11 is 0. The van der Waals surface area contributed by atoms with Crippen molar-refractivity contribution >= 4 is 5.91 Å². The number of rotatable bonds is 7. The van der Waals surface area contributed by atoms with E-state index in [1.807, 2.05) is 6.92 Å². The molecule has 3 heterocycles. The first-order valence-electron chi connectivity index (χ1n) is 9.62. The lowest BCUT2D eigenvalue weighted by molar-refractivity contribution is -0.137. The Morgan fingerprint density at radius 2 is 2.00 bits per heavy atom. The molecule has 0 saturated heterocycles. The summed E-state index contributed by atoms with van der Waals surface area (Å²) in [5.41, 5.74) is 0.662. The molecule has 1 atom stereocenters. The number of ether oxygens (including phenoxy) is 1. The number of alkyl halides is 3. The summed E-state index contributed by atoms with van der Waals surface area (Å²) in [7, 11) is 1.79. The summed E-state index contributed by atoms with van der Waals surface area (Å²) in [5, 5.41) is 4.35. The Morgan fingerprint density at radius 3 is 2.58 bits per heavy atom. The summed E-state index contributed by atoms with van der Waals surface area (Å²) in [6.45, 7) is 4.06. The van der Waals surface area contributed by atoms with Gasteiger partial charge in [0.05, 0.1) is 17.3 Å². The van der Waals surface area contributed by atoms with Crippen LogP contribution in [0, 0.1) is 0 Å². The van der Waals surface area contributed by atoms with E-state index in [9.17, 15) is 18.0 Å². The van der Waals surface area contributed by atoms with E-state index in [1.54, 1.807) is 54.1 Å². The molecule has 0 bridgehead atoms. The van der Waals surface area contributed by atoms with Crippen molar-refractivity contribution in [3.63, 3.8) is 0 Å². The van der Waals surface area contributed by atoms with Gasteiger partial charge in [0.25, 0.3) is 5.91 Å². The molecule has 0 fully saturated rings. The molecule has 3 aromatic rings. The molecule has 0 aliphatic rings. The Balaban J connectivity index is 1.72. The molecule has 0 aliphatic carbocycles. The third-order valence-corrected chi connectivity index (χ3v) is 4.67. The summed E-state index contributed by atoms with van der Waals surface area (Å²) < 4.78 is 45.1. The lowest BCUT2D eigenvalue weighted by Crippen LogP contribution is -2.42. The van der Waals surface area contributed by atoms with Gasteiger partial charge in [0, 0.05) is 43.8 Å². The lowest BCUT2D eigenvalue weighted by Gasteiger charge is -2.28. The van der Waals surface area contributed by atoms with E-state index < -0.39 is 11.7 Å². The fraction of sp³-hybridized carbons (Fsp3) is 0.333. The van der Waals surface area contributed by atoms with E-state index in [0.717, 1.165) is 18.3 Å². The highest BCUT2D eigenvalue weighted by Gasteiger charge is 2.31. The Labute approximate surface area is 177 Å². The minimum atomic E-state index is -4.46. The predicted octanol–water partition coefficient (Wildman–Crippen LogP) is 3.83. The van der Waals surface area contributed by atoms with Gasteiger partial charge >= 0.3 is 6.18 Å². The van der Waals surface area contributed by atoms with Crippen molar-refractivity contribution in [1.82, 2.24) is 24.6 Å². The van der Waals surface area contributed by atoms with Crippen molar-refractivity contribution in [2.45, 2.75) is 26.1 Å². The van der Waals surface area contributed by atoms with Gasteiger partial charge < -0.3 is 9.64 Å². The quantitative estimate of drug-likeness (QED) is 0.566. The number of likely N-dealkylation sites (N-methyl/N-ethyl adjacent to an activating group) is 1. The standard InChI is InChI=1S/C21H22F3N5O2/c1-4-29(14(2)13-31-18-8-7-15(12-26-18)21(22,23)24)20(30)19-16(6-5-10-25-19)17-9-11-28(3)27-17/h5-12,14H,4,13H2,1-3H3/t14-/m0/s1. The number of aryl methyl sites for hydroxylation is 1. The third kappa shape index (κ3) is 5.19. The van der Waals surface area contributed by atoms with Gasteiger partial charge in [-0.3, -0.25) is 14.5 Å². The lowest BCUT2D eigenvalue weighted by atomic mass is 10.1. The van der Waals surface area contributed by atoms with Crippen LogP contribution in [0.5, 0.6) is 5.88 Å². The molecular formula is C21H22F3N5O2. The minimum Gasteiger partial charge on any atom is -0.475 e. The zero-order chi connectivity index (χ0) is 22.6. The molecule has 0 radical (unpaired) electrons. The van der Waals surface area contributed by atoms with Crippen molar-refractivity contribution in [3.05, 3.63) is 60.2 Å². The number of carbonyl (C=O) groups is 1. The van der Waals surface area contributed by atoms with Crippen molar-refractivity contribution in [2.75, 3.05) is 13.2 Å². The Bertz CT molecular complexity index is 1030. The number of hydrogen-bond acceptors (Lipinski definition) is 5. The first-order valence-corrected chi connectivity index (χ1v) is 9.62. The number of pyridine rings is 2. The smallest absolute Gasteiger partial charge is 0.417 e. The van der Waals surface area contributed by atoms with Crippen LogP contribution in [-0.2, 0) is 13.2 Å². The number of amides is 1. The zero-order valence-corrected chi connectivity index (χ0v) is 17.3. The summed E-state index contributed by atoms with van der Waals surface area (Å²) in [6.07, 6.45) is -0.420. The number of aromatic nitrogens is 4. The predicted molar refractivity (Wildman–Crippen MR) is 107 cm³/mol. The molecule has 10 heteroatoms. The van der Waals surface area contributed by atoms with E-state index in [2.05, 4.69) is 15.1 Å². The first-order chi connectivity index (χ1) is 14.7. The SMILES string of the molecule is CCN(C(=O)c1ncccc1-c1ccn(C)n1)[C@@H](C)COc1ccc(C(F)(F)F)cn1. The molecule has 1 amide bonds. The molecule has 7 nitrogen and oxygen atoms in total. The molecule has 0 unspecified atom stereocenters. The highest BCUT2D eigenvalue weighted by atomic mass is 19.4. The van der Waals surface area contributed by atoms with Gasteiger partial charge in [-0.15, -0.1) is 0 Å². The van der Waals surface area contributed by atoms with E-state index in [0.29, 0.717) is 17.8 Å². The van der Waals surface area contributed by atoms with Gasteiger partial charge in [-0.2, -0.15) is 18.3 Å². The van der Waals surface area contributed by atoms with Gasteiger partial charge in [0.2, 0.25) is 5.88 Å². The second-order valence-corrected chi connectivity index (χ2v) is 6.91. The van der Waals surface area contributed by atoms with Crippen molar-refractivity contribution in [2.24, 2.45) is 7.05 Å². The highest BCUT2D eigenvalue weighted by molar-refractivity contribution is 5.98. The molecule has 0 N–H and O–H groups in total. The Kier molecular flexibility index (Phi) is 6.57. The second-order valence-electron chi connectivity index (χ2n) is 6.91. The molecular weight excluding hydrogens is 411 g/mol.